The van der Waals surface area contributed by atoms with Crippen LogP contribution in [-0.2, 0) is 10.0 Å². The highest BCUT2D eigenvalue weighted by molar-refractivity contribution is 7.89. The Labute approximate surface area is 119 Å². The molecule has 0 unspecified atom stereocenters. The maximum absolute atomic E-state index is 12.1. The van der Waals surface area contributed by atoms with Gasteiger partial charge in [-0.15, -0.1) is 0 Å². The number of nitrogen functional groups attached to an aromatic ring is 1. The second-order valence-corrected chi connectivity index (χ2v) is 6.98. The van der Waals surface area contributed by atoms with Crippen molar-refractivity contribution < 1.29 is 18.3 Å². The summed E-state index contributed by atoms with van der Waals surface area (Å²) in [5.41, 5.74) is 6.19. The van der Waals surface area contributed by atoms with Crippen molar-refractivity contribution in [3.63, 3.8) is 0 Å². The van der Waals surface area contributed by atoms with Crippen LogP contribution in [0.1, 0.15) is 12.8 Å². The van der Waals surface area contributed by atoms with Crippen molar-refractivity contribution in [2.24, 2.45) is 0 Å². The van der Waals surface area contributed by atoms with E-state index in [-0.39, 0.29) is 18.9 Å². The third-order valence-electron chi connectivity index (χ3n) is 3.24. The molecule has 112 valence electrons. The average Bonchev–Trinajstić information content (AvgIpc) is 2.41. The molecule has 0 bridgehead atoms. The lowest BCUT2D eigenvalue weighted by Gasteiger charge is -2.29. The van der Waals surface area contributed by atoms with E-state index < -0.39 is 16.1 Å². The molecule has 1 aliphatic rings. The van der Waals surface area contributed by atoms with Crippen LogP contribution in [0.15, 0.2) is 24.3 Å². The van der Waals surface area contributed by atoms with Gasteiger partial charge in [-0.3, -0.25) is 0 Å². The second-order valence-electron chi connectivity index (χ2n) is 4.89. The Morgan fingerprint density at radius 3 is 2.70 bits per heavy atom. The summed E-state index contributed by atoms with van der Waals surface area (Å²) in [5.74, 6) is 0.498. The van der Waals surface area contributed by atoms with E-state index in [4.69, 9.17) is 10.5 Å². The Morgan fingerprint density at radius 1 is 1.35 bits per heavy atom. The monoisotopic (exact) mass is 300 g/mol. The van der Waals surface area contributed by atoms with Crippen molar-refractivity contribution in [2.75, 3.05) is 31.2 Å². The number of sulfonamides is 1. The predicted molar refractivity (Wildman–Crippen MR) is 77.0 cm³/mol. The minimum Gasteiger partial charge on any atom is -0.492 e. The first-order valence-electron chi connectivity index (χ1n) is 6.61. The van der Waals surface area contributed by atoms with Gasteiger partial charge in [0, 0.05) is 18.8 Å². The Kier molecular flexibility index (Phi) is 4.85. The molecule has 7 heteroatoms. The first-order valence-corrected chi connectivity index (χ1v) is 8.22. The van der Waals surface area contributed by atoms with Crippen LogP contribution >= 0.6 is 0 Å². The zero-order chi connectivity index (χ0) is 14.6. The number of β-amino-alcohol motifs (C(OH)–C–C–N with tert-alkyl or cyclic N) is 1. The summed E-state index contributed by atoms with van der Waals surface area (Å²) in [5, 5.41) is 9.52. The molecule has 1 aliphatic heterocycles. The topological polar surface area (TPSA) is 92.9 Å². The minimum absolute atomic E-state index is 0.0822. The van der Waals surface area contributed by atoms with Gasteiger partial charge >= 0.3 is 0 Å². The number of piperidine rings is 1. The van der Waals surface area contributed by atoms with E-state index in [2.05, 4.69) is 0 Å². The summed E-state index contributed by atoms with van der Waals surface area (Å²) in [7, 11) is -3.37. The molecule has 20 heavy (non-hydrogen) atoms. The Morgan fingerprint density at radius 2 is 2.05 bits per heavy atom. The highest BCUT2D eigenvalue weighted by Crippen LogP contribution is 2.16. The van der Waals surface area contributed by atoms with Gasteiger partial charge in [0.25, 0.3) is 0 Å². The normalized spacial score (nSPS) is 20.8. The van der Waals surface area contributed by atoms with E-state index in [1.165, 1.54) is 4.31 Å². The van der Waals surface area contributed by atoms with E-state index in [0.717, 1.165) is 0 Å². The summed E-state index contributed by atoms with van der Waals surface area (Å²) in [6, 6.07) is 6.80. The molecule has 2 rings (SSSR count). The fourth-order valence-corrected chi connectivity index (χ4v) is 3.49. The molecule has 0 amide bonds. The molecule has 1 aromatic carbocycles. The van der Waals surface area contributed by atoms with Gasteiger partial charge in [-0.25, -0.2) is 8.42 Å². The van der Waals surface area contributed by atoms with Crippen LogP contribution in [0.25, 0.3) is 0 Å². The lowest BCUT2D eigenvalue weighted by atomic mass is 10.1. The first kappa shape index (κ1) is 15.1. The van der Waals surface area contributed by atoms with Gasteiger partial charge in [-0.2, -0.15) is 4.31 Å². The summed E-state index contributed by atoms with van der Waals surface area (Å²) in [4.78, 5) is 0. The molecule has 6 nitrogen and oxygen atoms in total. The number of aliphatic hydroxyl groups excluding tert-OH is 1. The molecule has 0 aromatic heterocycles. The van der Waals surface area contributed by atoms with Gasteiger partial charge in [0.1, 0.15) is 12.4 Å². The van der Waals surface area contributed by atoms with Crippen molar-refractivity contribution in [3.8, 4) is 5.75 Å². The largest absolute Gasteiger partial charge is 0.492 e. The first-order chi connectivity index (χ1) is 9.47. The number of benzene rings is 1. The number of nitrogens with zero attached hydrogens (tertiary/aromatic N) is 1. The Bertz CT molecular complexity index is 530. The van der Waals surface area contributed by atoms with Crippen LogP contribution in [0.4, 0.5) is 5.69 Å². The molecule has 1 saturated heterocycles. The van der Waals surface area contributed by atoms with Crippen molar-refractivity contribution in [1.29, 1.82) is 0 Å². The molecular weight excluding hydrogens is 280 g/mol. The maximum atomic E-state index is 12.1. The van der Waals surface area contributed by atoms with Crippen LogP contribution < -0.4 is 10.5 Å². The molecule has 1 atom stereocenters. The summed E-state index contributed by atoms with van der Waals surface area (Å²) < 4.78 is 30.9. The van der Waals surface area contributed by atoms with Crippen molar-refractivity contribution >= 4 is 15.7 Å². The second kappa shape index (κ2) is 6.43. The average molecular weight is 300 g/mol. The SMILES string of the molecule is Nc1ccc(OCCS(=O)(=O)N2CCC[C@H](O)C2)cc1. The van der Waals surface area contributed by atoms with Crippen LogP contribution in [0.3, 0.4) is 0 Å². The fourth-order valence-electron chi connectivity index (χ4n) is 2.13. The maximum Gasteiger partial charge on any atom is 0.217 e. The zero-order valence-corrected chi connectivity index (χ0v) is 12.1. The highest BCUT2D eigenvalue weighted by atomic mass is 32.2. The van der Waals surface area contributed by atoms with Gasteiger partial charge < -0.3 is 15.6 Å². The van der Waals surface area contributed by atoms with E-state index in [9.17, 15) is 13.5 Å². The van der Waals surface area contributed by atoms with Gasteiger partial charge in [0.15, 0.2) is 0 Å². The van der Waals surface area contributed by atoms with Crippen molar-refractivity contribution in [1.82, 2.24) is 4.31 Å². The molecule has 1 aromatic rings. The lowest BCUT2D eigenvalue weighted by Crippen LogP contribution is -2.43. The van der Waals surface area contributed by atoms with Crippen molar-refractivity contribution in [2.45, 2.75) is 18.9 Å². The van der Waals surface area contributed by atoms with E-state index in [1.807, 2.05) is 0 Å². The summed E-state index contributed by atoms with van der Waals surface area (Å²) in [6.45, 7) is 0.740. The number of hydrogen-bond acceptors (Lipinski definition) is 5. The third kappa shape index (κ3) is 4.09. The summed E-state index contributed by atoms with van der Waals surface area (Å²) in [6.07, 6.45) is 0.796. The fraction of sp³-hybridized carbons (Fsp3) is 0.538. The number of hydrogen-bond donors (Lipinski definition) is 2. The highest BCUT2D eigenvalue weighted by Gasteiger charge is 2.27. The zero-order valence-electron chi connectivity index (χ0n) is 11.2. The number of anilines is 1. The minimum atomic E-state index is -3.37. The van der Waals surface area contributed by atoms with Gasteiger partial charge in [-0.05, 0) is 37.1 Å². The number of aliphatic hydroxyl groups is 1. The van der Waals surface area contributed by atoms with E-state index >= 15 is 0 Å². The standard InChI is InChI=1S/C13H20N2O4S/c14-11-3-5-13(6-4-11)19-8-9-20(17,18)15-7-1-2-12(16)10-15/h3-6,12,16H,1-2,7-10,14H2/t12-/m0/s1. The predicted octanol–water partition coefficient (Wildman–Crippen LogP) is 0.434. The molecule has 0 aliphatic carbocycles. The lowest BCUT2D eigenvalue weighted by molar-refractivity contribution is 0.108. The summed E-state index contributed by atoms with van der Waals surface area (Å²) >= 11 is 0. The Hall–Kier alpha value is -1.31. The van der Waals surface area contributed by atoms with Crippen LogP contribution in [0.2, 0.25) is 0 Å². The molecule has 1 heterocycles. The van der Waals surface area contributed by atoms with Gasteiger partial charge in [0.2, 0.25) is 10.0 Å². The molecule has 0 spiro atoms. The van der Waals surface area contributed by atoms with E-state index in [1.54, 1.807) is 24.3 Å². The van der Waals surface area contributed by atoms with Crippen LogP contribution in [0.5, 0.6) is 5.75 Å². The van der Waals surface area contributed by atoms with Crippen LogP contribution in [-0.4, -0.2) is 49.4 Å². The Balaban J connectivity index is 1.84. The molecular formula is C13H20N2O4S. The van der Waals surface area contributed by atoms with Gasteiger partial charge in [0.05, 0.1) is 11.9 Å². The van der Waals surface area contributed by atoms with Crippen molar-refractivity contribution in [3.05, 3.63) is 24.3 Å². The molecule has 1 fully saturated rings. The third-order valence-corrected chi connectivity index (χ3v) is 5.04. The van der Waals surface area contributed by atoms with Gasteiger partial charge in [-0.1, -0.05) is 0 Å². The number of ether oxygens (including phenoxy) is 1. The smallest absolute Gasteiger partial charge is 0.217 e. The number of nitrogens with two attached hydrogens (primary N) is 1. The number of rotatable bonds is 5. The van der Waals surface area contributed by atoms with Crippen LogP contribution in [0, 0.1) is 0 Å². The van der Waals surface area contributed by atoms with E-state index in [0.29, 0.717) is 30.8 Å². The molecule has 3 N–H and O–H groups in total. The molecule has 0 radical (unpaired) electrons. The molecule has 0 saturated carbocycles. The quantitative estimate of drug-likeness (QED) is 0.769.